The number of ether oxygens (including phenoxy) is 1. The molecule has 0 aliphatic rings. The second-order valence-corrected chi connectivity index (χ2v) is 5.30. The molecule has 1 aromatic carbocycles. The fourth-order valence-electron chi connectivity index (χ4n) is 1.55. The summed E-state index contributed by atoms with van der Waals surface area (Å²) < 4.78 is 5.43. The summed E-state index contributed by atoms with van der Waals surface area (Å²) in [6.45, 7) is 7.34. The summed E-state index contributed by atoms with van der Waals surface area (Å²) in [5, 5.41) is 12.4. The molecule has 0 heterocycles. The highest BCUT2D eigenvalue weighted by Gasteiger charge is 2.15. The summed E-state index contributed by atoms with van der Waals surface area (Å²) in [6, 6.07) is 7.15. The van der Waals surface area contributed by atoms with Crippen LogP contribution in [0.25, 0.3) is 0 Å². The minimum Gasteiger partial charge on any atom is -0.483 e. The second kappa shape index (κ2) is 5.87. The van der Waals surface area contributed by atoms with Crippen LogP contribution >= 0.6 is 0 Å². The highest BCUT2D eigenvalue weighted by atomic mass is 16.5. The van der Waals surface area contributed by atoms with E-state index < -0.39 is 6.10 Å². The Morgan fingerprint density at radius 2 is 2.00 bits per heavy atom. The van der Waals surface area contributed by atoms with Crippen LogP contribution in [0.2, 0.25) is 0 Å². The summed E-state index contributed by atoms with van der Waals surface area (Å²) >= 11 is 0. The lowest BCUT2D eigenvalue weighted by molar-refractivity contribution is -0.124. The molecule has 100 valence electrons. The van der Waals surface area contributed by atoms with Crippen molar-refractivity contribution in [3.63, 3.8) is 0 Å². The summed E-state index contributed by atoms with van der Waals surface area (Å²) in [6.07, 6.45) is -0.619. The summed E-state index contributed by atoms with van der Waals surface area (Å²) in [5.41, 5.74) is 0.408. The van der Waals surface area contributed by atoms with Gasteiger partial charge in [0.25, 0.3) is 5.91 Å². The Hall–Kier alpha value is -1.55. The molecule has 0 bridgehead atoms. The number of carbonyl (C=O) groups excluding carboxylic acids is 1. The maximum absolute atomic E-state index is 11.6. The molecule has 0 unspecified atom stereocenters. The fraction of sp³-hybridized carbons (Fsp3) is 0.500. The summed E-state index contributed by atoms with van der Waals surface area (Å²) in [7, 11) is 0. The molecule has 0 aromatic heterocycles. The Morgan fingerprint density at radius 3 is 2.56 bits per heavy atom. The minimum absolute atomic E-state index is 0.0546. The summed E-state index contributed by atoms with van der Waals surface area (Å²) in [4.78, 5) is 11.6. The molecule has 2 N–H and O–H groups in total. The topological polar surface area (TPSA) is 58.6 Å². The van der Waals surface area contributed by atoms with E-state index in [1.807, 2.05) is 32.9 Å². The highest BCUT2D eigenvalue weighted by Crippen LogP contribution is 2.24. The van der Waals surface area contributed by atoms with Crippen molar-refractivity contribution in [2.75, 3.05) is 6.61 Å². The van der Waals surface area contributed by atoms with E-state index in [1.165, 1.54) is 0 Å². The largest absolute Gasteiger partial charge is 0.483 e. The number of rotatable bonds is 4. The average Bonchev–Trinajstić information content (AvgIpc) is 2.24. The van der Waals surface area contributed by atoms with Crippen molar-refractivity contribution in [2.45, 2.75) is 39.3 Å². The van der Waals surface area contributed by atoms with Crippen molar-refractivity contribution in [3.05, 3.63) is 29.8 Å². The van der Waals surface area contributed by atoms with Gasteiger partial charge in [-0.25, -0.2) is 0 Å². The molecule has 1 aromatic rings. The first-order chi connectivity index (χ1) is 8.29. The van der Waals surface area contributed by atoms with Crippen molar-refractivity contribution < 1.29 is 14.6 Å². The molecular weight excluding hydrogens is 230 g/mol. The standard InChI is InChI=1S/C14H21NO3/c1-10(16)11-7-5-6-8-12(11)18-9-13(17)15-14(2,3)4/h5-8,10,16H,9H2,1-4H3,(H,15,17)/t10-/m1/s1. The van der Waals surface area contributed by atoms with Gasteiger partial charge in [0.2, 0.25) is 0 Å². The van der Waals surface area contributed by atoms with Crippen LogP contribution in [0, 0.1) is 0 Å². The van der Waals surface area contributed by atoms with E-state index in [4.69, 9.17) is 4.74 Å². The summed E-state index contributed by atoms with van der Waals surface area (Å²) in [5.74, 6) is 0.361. The third-order valence-corrected chi connectivity index (χ3v) is 2.24. The molecule has 0 radical (unpaired) electrons. The van der Waals surface area contributed by atoms with Crippen molar-refractivity contribution in [1.29, 1.82) is 0 Å². The number of hydrogen-bond donors (Lipinski definition) is 2. The number of benzene rings is 1. The van der Waals surface area contributed by atoms with E-state index in [0.29, 0.717) is 11.3 Å². The van der Waals surface area contributed by atoms with E-state index in [-0.39, 0.29) is 18.1 Å². The van der Waals surface area contributed by atoms with Crippen molar-refractivity contribution >= 4 is 5.91 Å². The Kier molecular flexibility index (Phi) is 4.73. The van der Waals surface area contributed by atoms with Gasteiger partial charge < -0.3 is 15.2 Å². The Bertz CT molecular complexity index is 408. The second-order valence-electron chi connectivity index (χ2n) is 5.30. The quantitative estimate of drug-likeness (QED) is 0.861. The normalized spacial score (nSPS) is 12.9. The van der Waals surface area contributed by atoms with Crippen molar-refractivity contribution in [3.8, 4) is 5.75 Å². The van der Waals surface area contributed by atoms with Gasteiger partial charge in [-0.3, -0.25) is 4.79 Å². The molecule has 0 saturated carbocycles. The first-order valence-electron chi connectivity index (χ1n) is 6.00. The Morgan fingerprint density at radius 1 is 1.39 bits per heavy atom. The number of amides is 1. The van der Waals surface area contributed by atoms with Gasteiger partial charge in [-0.2, -0.15) is 0 Å². The monoisotopic (exact) mass is 251 g/mol. The van der Waals surface area contributed by atoms with Crippen LogP contribution < -0.4 is 10.1 Å². The van der Waals surface area contributed by atoms with E-state index >= 15 is 0 Å². The molecule has 4 nitrogen and oxygen atoms in total. The third-order valence-electron chi connectivity index (χ3n) is 2.24. The van der Waals surface area contributed by atoms with Crippen LogP contribution in [0.15, 0.2) is 24.3 Å². The minimum atomic E-state index is -0.619. The number of aliphatic hydroxyl groups excluding tert-OH is 1. The molecular formula is C14H21NO3. The van der Waals surface area contributed by atoms with Gasteiger partial charge in [0.05, 0.1) is 6.10 Å². The van der Waals surface area contributed by atoms with E-state index in [1.54, 1.807) is 19.1 Å². The lowest BCUT2D eigenvalue weighted by atomic mass is 10.1. The molecule has 0 saturated heterocycles. The molecule has 1 rings (SSSR count). The molecule has 1 amide bonds. The lowest BCUT2D eigenvalue weighted by Crippen LogP contribution is -2.43. The van der Waals surface area contributed by atoms with E-state index in [2.05, 4.69) is 5.32 Å². The Balaban J connectivity index is 2.61. The number of aliphatic hydroxyl groups is 1. The van der Waals surface area contributed by atoms with Gasteiger partial charge >= 0.3 is 0 Å². The molecule has 4 heteroatoms. The zero-order chi connectivity index (χ0) is 13.8. The van der Waals surface area contributed by atoms with Crippen molar-refractivity contribution in [1.82, 2.24) is 5.32 Å². The molecule has 1 atom stereocenters. The molecule has 0 aliphatic heterocycles. The first-order valence-corrected chi connectivity index (χ1v) is 6.00. The van der Waals surface area contributed by atoms with Crippen LogP contribution in [-0.2, 0) is 4.79 Å². The van der Waals surface area contributed by atoms with Crippen molar-refractivity contribution in [2.24, 2.45) is 0 Å². The van der Waals surface area contributed by atoms with Crippen LogP contribution in [0.5, 0.6) is 5.75 Å². The maximum Gasteiger partial charge on any atom is 0.258 e. The SMILES string of the molecule is C[C@@H](O)c1ccccc1OCC(=O)NC(C)(C)C. The van der Waals surface area contributed by atoms with Gasteiger partial charge in [-0.05, 0) is 33.8 Å². The van der Waals surface area contributed by atoms with Crippen LogP contribution in [0.4, 0.5) is 0 Å². The highest BCUT2D eigenvalue weighted by molar-refractivity contribution is 5.78. The first kappa shape index (κ1) is 14.5. The zero-order valence-electron chi connectivity index (χ0n) is 11.4. The molecule has 0 spiro atoms. The Labute approximate surface area is 108 Å². The predicted octanol–water partition coefficient (Wildman–Crippen LogP) is 2.03. The smallest absolute Gasteiger partial charge is 0.258 e. The van der Waals surface area contributed by atoms with Crippen LogP contribution in [-0.4, -0.2) is 23.2 Å². The molecule has 18 heavy (non-hydrogen) atoms. The predicted molar refractivity (Wildman–Crippen MR) is 70.5 cm³/mol. The fourth-order valence-corrected chi connectivity index (χ4v) is 1.55. The molecule has 0 fully saturated rings. The number of hydrogen-bond acceptors (Lipinski definition) is 3. The lowest BCUT2D eigenvalue weighted by Gasteiger charge is -2.21. The van der Waals surface area contributed by atoms with Gasteiger partial charge in [0.1, 0.15) is 5.75 Å². The van der Waals surface area contributed by atoms with E-state index in [9.17, 15) is 9.90 Å². The van der Waals surface area contributed by atoms with Crippen LogP contribution in [0.1, 0.15) is 39.4 Å². The number of para-hydroxylation sites is 1. The van der Waals surface area contributed by atoms with Gasteiger partial charge in [0, 0.05) is 11.1 Å². The van der Waals surface area contributed by atoms with Crippen LogP contribution in [0.3, 0.4) is 0 Å². The maximum atomic E-state index is 11.6. The van der Waals surface area contributed by atoms with Gasteiger partial charge in [-0.15, -0.1) is 0 Å². The number of nitrogens with one attached hydrogen (secondary N) is 1. The van der Waals surface area contributed by atoms with Gasteiger partial charge in [0.15, 0.2) is 6.61 Å². The van der Waals surface area contributed by atoms with Gasteiger partial charge in [-0.1, -0.05) is 18.2 Å². The molecule has 0 aliphatic carbocycles. The number of carbonyl (C=O) groups is 1. The zero-order valence-corrected chi connectivity index (χ0v) is 11.4. The average molecular weight is 251 g/mol. The van der Waals surface area contributed by atoms with E-state index in [0.717, 1.165) is 0 Å². The third kappa shape index (κ3) is 4.75.